The van der Waals surface area contributed by atoms with Crippen LogP contribution in [0.1, 0.15) is 0 Å². The Labute approximate surface area is 103 Å². The third kappa shape index (κ3) is 2.01. The van der Waals surface area contributed by atoms with Gasteiger partial charge in [0.05, 0.1) is 5.69 Å². The van der Waals surface area contributed by atoms with Crippen LogP contribution in [0.15, 0.2) is 36.4 Å². The Morgan fingerprint density at radius 2 is 1.72 bits per heavy atom. The third-order valence-corrected chi connectivity index (χ3v) is 2.85. The first kappa shape index (κ1) is 11.0. The van der Waals surface area contributed by atoms with Gasteiger partial charge < -0.3 is 10.1 Å². The lowest BCUT2D eigenvalue weighted by Crippen LogP contribution is -2.17. The molecule has 2 aromatic rings. The van der Waals surface area contributed by atoms with E-state index in [1.165, 1.54) is 12.1 Å². The summed E-state index contributed by atoms with van der Waals surface area (Å²) in [6.45, 7) is 1.36. The predicted molar refractivity (Wildman–Crippen MR) is 65.8 cm³/mol. The van der Waals surface area contributed by atoms with Gasteiger partial charge in [-0.2, -0.15) is 0 Å². The molecule has 18 heavy (non-hydrogen) atoms. The normalized spacial score (nSPS) is 13.4. The maximum Gasteiger partial charge on any atom is 0.143 e. The Bertz CT molecular complexity index is 578. The molecule has 0 saturated heterocycles. The number of benzene rings is 2. The summed E-state index contributed by atoms with van der Waals surface area (Å²) in [5, 5.41) is 3.19. The summed E-state index contributed by atoms with van der Waals surface area (Å²) >= 11 is 0. The average molecular weight is 247 g/mol. The highest BCUT2D eigenvalue weighted by Gasteiger charge is 2.11. The van der Waals surface area contributed by atoms with Crippen LogP contribution < -0.4 is 10.1 Å². The van der Waals surface area contributed by atoms with E-state index in [1.54, 1.807) is 6.07 Å². The Morgan fingerprint density at radius 1 is 0.944 bits per heavy atom. The van der Waals surface area contributed by atoms with Gasteiger partial charge in [0.15, 0.2) is 0 Å². The summed E-state index contributed by atoms with van der Waals surface area (Å²) in [6, 6.07) is 8.93. The van der Waals surface area contributed by atoms with Gasteiger partial charge in [0, 0.05) is 12.6 Å². The van der Waals surface area contributed by atoms with Crippen LogP contribution in [0.4, 0.5) is 14.5 Å². The fourth-order valence-corrected chi connectivity index (χ4v) is 2.03. The number of anilines is 1. The number of nitrogens with one attached hydrogen (secondary N) is 1. The van der Waals surface area contributed by atoms with Crippen LogP contribution >= 0.6 is 0 Å². The second-order valence-corrected chi connectivity index (χ2v) is 4.14. The molecule has 0 saturated carbocycles. The van der Waals surface area contributed by atoms with E-state index >= 15 is 0 Å². The van der Waals surface area contributed by atoms with E-state index in [9.17, 15) is 8.78 Å². The molecular weight excluding hydrogens is 236 g/mol. The van der Waals surface area contributed by atoms with Gasteiger partial charge in [-0.15, -0.1) is 0 Å². The summed E-state index contributed by atoms with van der Waals surface area (Å²) < 4.78 is 31.8. The Hall–Kier alpha value is -2.10. The monoisotopic (exact) mass is 247 g/mol. The van der Waals surface area contributed by atoms with Crippen LogP contribution in [-0.4, -0.2) is 13.2 Å². The van der Waals surface area contributed by atoms with E-state index in [0.29, 0.717) is 17.9 Å². The number of fused-ring (bicyclic) bond motifs is 1. The molecular formula is C14H11F2NO. The zero-order valence-corrected chi connectivity index (χ0v) is 9.54. The minimum Gasteiger partial charge on any atom is -0.490 e. The zero-order valence-electron chi connectivity index (χ0n) is 9.54. The van der Waals surface area contributed by atoms with Gasteiger partial charge in [0.2, 0.25) is 0 Å². The Morgan fingerprint density at radius 3 is 2.50 bits per heavy atom. The lowest BCUT2D eigenvalue weighted by atomic mass is 10.0. The van der Waals surface area contributed by atoms with E-state index in [4.69, 9.17) is 4.74 Å². The van der Waals surface area contributed by atoms with Gasteiger partial charge in [-0.3, -0.25) is 0 Å². The smallest absolute Gasteiger partial charge is 0.143 e. The Kier molecular flexibility index (Phi) is 2.63. The fourth-order valence-electron chi connectivity index (χ4n) is 2.03. The van der Waals surface area contributed by atoms with E-state index < -0.39 is 11.6 Å². The molecule has 2 aromatic carbocycles. The minimum atomic E-state index is -0.582. The number of halogens is 2. The molecule has 1 heterocycles. The molecule has 1 aliphatic heterocycles. The molecule has 1 N–H and O–H groups in total. The quantitative estimate of drug-likeness (QED) is 0.833. The SMILES string of the molecule is Fc1cc(F)cc(-c2ccc3c(c2)OCCN3)c1. The van der Waals surface area contributed by atoms with Crippen molar-refractivity contribution in [3.05, 3.63) is 48.0 Å². The van der Waals surface area contributed by atoms with Crippen molar-refractivity contribution in [2.45, 2.75) is 0 Å². The van der Waals surface area contributed by atoms with E-state index in [0.717, 1.165) is 23.9 Å². The van der Waals surface area contributed by atoms with Crippen molar-refractivity contribution in [3.8, 4) is 16.9 Å². The van der Waals surface area contributed by atoms with Crippen molar-refractivity contribution in [2.75, 3.05) is 18.5 Å². The van der Waals surface area contributed by atoms with Gasteiger partial charge in [-0.05, 0) is 35.4 Å². The first-order valence-corrected chi connectivity index (χ1v) is 5.69. The van der Waals surface area contributed by atoms with Crippen molar-refractivity contribution in [1.29, 1.82) is 0 Å². The molecule has 0 amide bonds. The highest BCUT2D eigenvalue weighted by atomic mass is 19.1. The lowest BCUT2D eigenvalue weighted by Gasteiger charge is -2.19. The maximum atomic E-state index is 13.2. The molecule has 0 aliphatic carbocycles. The van der Waals surface area contributed by atoms with Crippen LogP contribution in [0.3, 0.4) is 0 Å². The van der Waals surface area contributed by atoms with Crippen LogP contribution in [0, 0.1) is 11.6 Å². The molecule has 0 spiro atoms. The van der Waals surface area contributed by atoms with E-state index in [2.05, 4.69) is 5.32 Å². The maximum absolute atomic E-state index is 13.2. The van der Waals surface area contributed by atoms with Crippen LogP contribution in [0.5, 0.6) is 5.75 Å². The molecule has 0 unspecified atom stereocenters. The first-order chi connectivity index (χ1) is 8.72. The molecule has 0 fully saturated rings. The largest absolute Gasteiger partial charge is 0.490 e. The summed E-state index contributed by atoms with van der Waals surface area (Å²) in [5.74, 6) is -0.452. The lowest BCUT2D eigenvalue weighted by molar-refractivity contribution is 0.323. The van der Waals surface area contributed by atoms with Crippen molar-refractivity contribution in [2.24, 2.45) is 0 Å². The molecule has 1 aliphatic rings. The van der Waals surface area contributed by atoms with Crippen LogP contribution in [0.25, 0.3) is 11.1 Å². The topological polar surface area (TPSA) is 21.3 Å². The average Bonchev–Trinajstić information content (AvgIpc) is 2.37. The van der Waals surface area contributed by atoms with Crippen molar-refractivity contribution in [1.82, 2.24) is 0 Å². The zero-order chi connectivity index (χ0) is 12.5. The molecule has 3 rings (SSSR count). The van der Waals surface area contributed by atoms with Gasteiger partial charge in [0.25, 0.3) is 0 Å². The van der Waals surface area contributed by atoms with E-state index in [-0.39, 0.29) is 0 Å². The van der Waals surface area contributed by atoms with Gasteiger partial charge in [0.1, 0.15) is 24.0 Å². The summed E-state index contributed by atoms with van der Waals surface area (Å²) in [6.07, 6.45) is 0. The third-order valence-electron chi connectivity index (χ3n) is 2.85. The highest BCUT2D eigenvalue weighted by molar-refractivity contribution is 5.71. The molecule has 0 bridgehead atoms. The summed E-state index contributed by atoms with van der Waals surface area (Å²) in [4.78, 5) is 0. The van der Waals surface area contributed by atoms with Crippen molar-refractivity contribution >= 4 is 5.69 Å². The second-order valence-electron chi connectivity index (χ2n) is 4.14. The first-order valence-electron chi connectivity index (χ1n) is 5.69. The molecule has 0 atom stereocenters. The number of hydrogen-bond acceptors (Lipinski definition) is 2. The number of hydrogen-bond donors (Lipinski definition) is 1. The van der Waals surface area contributed by atoms with Gasteiger partial charge >= 0.3 is 0 Å². The predicted octanol–water partition coefficient (Wildman–Crippen LogP) is 3.44. The standard InChI is InChI=1S/C14H11F2NO/c15-11-5-10(6-12(16)8-11)9-1-2-13-14(7-9)18-4-3-17-13/h1-2,5-8,17H,3-4H2. The minimum absolute atomic E-state index is 0.504. The second kappa shape index (κ2) is 4.29. The van der Waals surface area contributed by atoms with Crippen LogP contribution in [0.2, 0.25) is 0 Å². The Balaban J connectivity index is 2.06. The van der Waals surface area contributed by atoms with Crippen molar-refractivity contribution in [3.63, 3.8) is 0 Å². The molecule has 4 heteroatoms. The van der Waals surface area contributed by atoms with Gasteiger partial charge in [-0.1, -0.05) is 6.07 Å². The van der Waals surface area contributed by atoms with E-state index in [1.807, 2.05) is 12.1 Å². The van der Waals surface area contributed by atoms with Crippen molar-refractivity contribution < 1.29 is 13.5 Å². The summed E-state index contributed by atoms with van der Waals surface area (Å²) in [7, 11) is 0. The van der Waals surface area contributed by atoms with Crippen LogP contribution in [-0.2, 0) is 0 Å². The summed E-state index contributed by atoms with van der Waals surface area (Å²) in [5.41, 5.74) is 2.14. The molecule has 0 radical (unpaired) electrons. The highest BCUT2D eigenvalue weighted by Crippen LogP contribution is 2.32. The fraction of sp³-hybridized carbons (Fsp3) is 0.143. The number of rotatable bonds is 1. The number of ether oxygens (including phenoxy) is 1. The molecule has 2 nitrogen and oxygen atoms in total. The van der Waals surface area contributed by atoms with Gasteiger partial charge in [-0.25, -0.2) is 8.78 Å². The molecule has 0 aromatic heterocycles. The molecule has 92 valence electrons.